The van der Waals surface area contributed by atoms with Gasteiger partial charge in [0.2, 0.25) is 5.82 Å². The summed E-state index contributed by atoms with van der Waals surface area (Å²) in [6.07, 6.45) is 1.03. The number of rotatable bonds is 4. The molecular weight excluding hydrogens is 263 g/mol. The minimum absolute atomic E-state index is 0.0273. The van der Waals surface area contributed by atoms with Gasteiger partial charge in [-0.05, 0) is 18.9 Å². The van der Waals surface area contributed by atoms with Crippen molar-refractivity contribution >= 4 is 17.6 Å². The Morgan fingerprint density at radius 2 is 2.22 bits per heavy atom. The number of carbonyl (C=O) groups is 1. The molecule has 18 heavy (non-hydrogen) atoms. The Hall–Kier alpha value is -1.49. The van der Waals surface area contributed by atoms with Crippen molar-refractivity contribution in [3.63, 3.8) is 0 Å². The number of carboxylic acids is 1. The molecule has 2 rings (SSSR count). The number of phenolic OH excluding ortho intramolecular Hbond substituents is 1. The maximum absolute atomic E-state index is 13.8. The third-order valence-corrected chi connectivity index (χ3v) is 3.55. The summed E-state index contributed by atoms with van der Waals surface area (Å²) in [5.41, 5.74) is -0.458. The van der Waals surface area contributed by atoms with Gasteiger partial charge in [0, 0.05) is 11.0 Å². The highest BCUT2D eigenvalue weighted by Crippen LogP contribution is 2.55. The highest BCUT2D eigenvalue weighted by molar-refractivity contribution is 6.32. The number of aliphatic carboxylic acids is 1. The summed E-state index contributed by atoms with van der Waals surface area (Å²) in [5.74, 6) is -2.74. The van der Waals surface area contributed by atoms with Crippen molar-refractivity contribution in [3.8, 4) is 11.5 Å². The molecule has 1 fully saturated rings. The first kappa shape index (κ1) is 13.0. The average Bonchev–Trinajstić information content (AvgIpc) is 3.04. The van der Waals surface area contributed by atoms with E-state index >= 15 is 0 Å². The molecule has 2 N–H and O–H groups in total. The molecule has 0 spiro atoms. The van der Waals surface area contributed by atoms with Crippen LogP contribution in [0.2, 0.25) is 5.02 Å². The molecule has 0 heterocycles. The number of hydrogen-bond donors (Lipinski definition) is 2. The van der Waals surface area contributed by atoms with E-state index in [0.29, 0.717) is 12.8 Å². The van der Waals surface area contributed by atoms with Crippen LogP contribution in [0.25, 0.3) is 0 Å². The van der Waals surface area contributed by atoms with Gasteiger partial charge in [-0.2, -0.15) is 4.39 Å². The van der Waals surface area contributed by atoms with Crippen LogP contribution in [-0.2, 0) is 10.2 Å². The fraction of sp³-hybridized carbons (Fsp3) is 0.417. The lowest BCUT2D eigenvalue weighted by molar-refractivity contribution is -0.137. The van der Waals surface area contributed by atoms with Gasteiger partial charge in [0.15, 0.2) is 11.5 Å². The summed E-state index contributed by atoms with van der Waals surface area (Å²) in [4.78, 5) is 10.8. The van der Waals surface area contributed by atoms with Crippen LogP contribution in [0, 0.1) is 5.82 Å². The molecule has 0 atom stereocenters. The lowest BCUT2D eigenvalue weighted by Gasteiger charge is -2.17. The molecule has 1 aliphatic carbocycles. The van der Waals surface area contributed by atoms with Gasteiger partial charge in [-0.1, -0.05) is 11.6 Å². The van der Waals surface area contributed by atoms with E-state index in [4.69, 9.17) is 21.4 Å². The van der Waals surface area contributed by atoms with Gasteiger partial charge < -0.3 is 14.9 Å². The highest BCUT2D eigenvalue weighted by Gasteiger charge is 2.48. The number of aromatic hydroxyl groups is 1. The van der Waals surface area contributed by atoms with Crippen LogP contribution >= 0.6 is 11.6 Å². The van der Waals surface area contributed by atoms with Crippen LogP contribution in [0.15, 0.2) is 6.07 Å². The molecule has 1 aliphatic rings. The van der Waals surface area contributed by atoms with Crippen molar-refractivity contribution in [2.45, 2.75) is 24.7 Å². The van der Waals surface area contributed by atoms with Crippen molar-refractivity contribution in [1.29, 1.82) is 0 Å². The molecule has 0 aromatic heterocycles. The Balaban J connectivity index is 2.50. The number of benzene rings is 1. The van der Waals surface area contributed by atoms with E-state index in [0.717, 1.165) is 0 Å². The zero-order chi connectivity index (χ0) is 13.5. The molecular formula is C12H12ClFO4. The van der Waals surface area contributed by atoms with Crippen LogP contribution in [0.4, 0.5) is 4.39 Å². The third kappa shape index (κ3) is 1.99. The fourth-order valence-electron chi connectivity index (χ4n) is 2.16. The second kappa shape index (κ2) is 4.31. The van der Waals surface area contributed by atoms with E-state index in [1.807, 2.05) is 0 Å². The Labute approximate surface area is 108 Å². The minimum atomic E-state index is -0.987. The maximum atomic E-state index is 13.8. The molecule has 1 aromatic rings. The smallest absolute Gasteiger partial charge is 0.304 e. The predicted octanol–water partition coefficient (Wildman–Crippen LogP) is 2.70. The second-order valence-electron chi connectivity index (χ2n) is 4.45. The first-order valence-electron chi connectivity index (χ1n) is 5.38. The number of ether oxygens (including phenoxy) is 1. The summed E-state index contributed by atoms with van der Waals surface area (Å²) in [6, 6.07) is 1.38. The number of halogens is 2. The summed E-state index contributed by atoms with van der Waals surface area (Å²) in [6.45, 7) is 0. The molecule has 1 aromatic carbocycles. The van der Waals surface area contributed by atoms with Crippen LogP contribution < -0.4 is 4.74 Å². The van der Waals surface area contributed by atoms with Gasteiger partial charge in [-0.15, -0.1) is 0 Å². The molecule has 6 heteroatoms. The average molecular weight is 275 g/mol. The molecule has 1 saturated carbocycles. The molecule has 0 unspecified atom stereocenters. The Morgan fingerprint density at radius 3 is 2.67 bits per heavy atom. The van der Waals surface area contributed by atoms with E-state index < -0.39 is 23.0 Å². The number of carboxylic acid groups (broad SMARTS) is 1. The summed E-state index contributed by atoms with van der Waals surface area (Å²) in [5, 5.41) is 18.7. The number of hydrogen-bond acceptors (Lipinski definition) is 3. The van der Waals surface area contributed by atoms with E-state index in [-0.39, 0.29) is 22.8 Å². The molecule has 0 radical (unpaired) electrons. The van der Waals surface area contributed by atoms with Crippen LogP contribution in [0.1, 0.15) is 24.8 Å². The monoisotopic (exact) mass is 274 g/mol. The van der Waals surface area contributed by atoms with Gasteiger partial charge in [0.1, 0.15) is 0 Å². The topological polar surface area (TPSA) is 66.8 Å². The lowest BCUT2D eigenvalue weighted by Crippen LogP contribution is -2.14. The maximum Gasteiger partial charge on any atom is 0.304 e. The normalized spacial score (nSPS) is 16.4. The van der Waals surface area contributed by atoms with Crippen molar-refractivity contribution in [2.75, 3.05) is 7.11 Å². The van der Waals surface area contributed by atoms with Crippen molar-refractivity contribution < 1.29 is 24.1 Å². The van der Waals surface area contributed by atoms with Gasteiger partial charge in [0.25, 0.3) is 0 Å². The minimum Gasteiger partial charge on any atom is -0.505 e. The molecule has 0 saturated heterocycles. The zero-order valence-corrected chi connectivity index (χ0v) is 10.4. The van der Waals surface area contributed by atoms with Crippen LogP contribution in [-0.4, -0.2) is 23.3 Å². The van der Waals surface area contributed by atoms with E-state index in [1.54, 1.807) is 0 Å². The van der Waals surface area contributed by atoms with E-state index in [1.165, 1.54) is 13.2 Å². The predicted molar refractivity (Wildman–Crippen MR) is 62.8 cm³/mol. The third-order valence-electron chi connectivity index (χ3n) is 3.27. The summed E-state index contributed by atoms with van der Waals surface area (Å²) in [7, 11) is 1.24. The standard InChI is InChI=1S/C12H12ClFO4/c1-18-11-7(13)4-6(10(17)9(11)14)12(2-3-12)5-8(15)16/h4,17H,2-3,5H2,1H3,(H,15,16). The van der Waals surface area contributed by atoms with Gasteiger partial charge in [0.05, 0.1) is 18.6 Å². The molecule has 0 aliphatic heterocycles. The van der Waals surface area contributed by atoms with Gasteiger partial charge in [-0.25, -0.2) is 0 Å². The first-order valence-corrected chi connectivity index (χ1v) is 5.76. The van der Waals surface area contributed by atoms with Gasteiger partial charge >= 0.3 is 5.97 Å². The first-order chi connectivity index (χ1) is 8.41. The second-order valence-corrected chi connectivity index (χ2v) is 4.86. The summed E-state index contributed by atoms with van der Waals surface area (Å²) >= 11 is 5.85. The van der Waals surface area contributed by atoms with Crippen molar-refractivity contribution in [3.05, 3.63) is 22.5 Å². The molecule has 98 valence electrons. The largest absolute Gasteiger partial charge is 0.505 e. The molecule has 0 bridgehead atoms. The Morgan fingerprint density at radius 1 is 1.61 bits per heavy atom. The van der Waals surface area contributed by atoms with Crippen molar-refractivity contribution in [1.82, 2.24) is 0 Å². The Kier molecular flexibility index (Phi) is 3.11. The SMILES string of the molecule is COc1c(Cl)cc(C2(CC(=O)O)CC2)c(O)c1F. The molecule has 4 nitrogen and oxygen atoms in total. The lowest BCUT2D eigenvalue weighted by atomic mass is 9.91. The zero-order valence-electron chi connectivity index (χ0n) is 9.67. The Bertz CT molecular complexity index is 511. The van der Waals surface area contributed by atoms with Gasteiger partial charge in [-0.3, -0.25) is 4.79 Å². The quantitative estimate of drug-likeness (QED) is 0.886. The van der Waals surface area contributed by atoms with E-state index in [9.17, 15) is 14.3 Å². The van der Waals surface area contributed by atoms with Crippen LogP contribution in [0.5, 0.6) is 11.5 Å². The van der Waals surface area contributed by atoms with Crippen molar-refractivity contribution in [2.24, 2.45) is 0 Å². The van der Waals surface area contributed by atoms with Crippen LogP contribution in [0.3, 0.4) is 0 Å². The fourth-order valence-corrected chi connectivity index (χ4v) is 2.43. The number of methoxy groups -OCH3 is 1. The highest BCUT2D eigenvalue weighted by atomic mass is 35.5. The van der Waals surface area contributed by atoms with E-state index in [2.05, 4.69) is 0 Å². The summed E-state index contributed by atoms with van der Waals surface area (Å²) < 4.78 is 18.6. The number of phenols is 1. The molecule has 0 amide bonds.